The normalized spacial score (nSPS) is 16.7. The molecule has 0 fully saturated rings. The third-order valence-electron chi connectivity index (χ3n) is 3.54. The third-order valence-corrected chi connectivity index (χ3v) is 5.24. The number of aliphatic imine (C=N–C) groups is 1. The van der Waals surface area contributed by atoms with Crippen molar-refractivity contribution < 1.29 is 19.1 Å². The predicted molar refractivity (Wildman–Crippen MR) is 104 cm³/mol. The number of carbonyl (C=O) groups excluding carboxylic acids is 2. The lowest BCUT2D eigenvalue weighted by Crippen LogP contribution is -2.31. The lowest BCUT2D eigenvalue weighted by molar-refractivity contribution is -0.139. The predicted octanol–water partition coefficient (Wildman–Crippen LogP) is 3.74. The average molecular weight is 417 g/mol. The minimum absolute atomic E-state index is 0.0837. The van der Waals surface area contributed by atoms with Crippen molar-refractivity contribution in [2.24, 2.45) is 4.99 Å². The summed E-state index contributed by atoms with van der Waals surface area (Å²) in [5, 5.41) is 4.18. The fourth-order valence-electron chi connectivity index (χ4n) is 2.34. The Hall–Kier alpha value is -1.70. The largest absolute Gasteiger partial charge is 0.468 e. The summed E-state index contributed by atoms with van der Waals surface area (Å²) < 4.78 is 9.80. The number of thioether (sulfide) groups is 1. The number of methoxy groups -OCH3 is 1. The van der Waals surface area contributed by atoms with Crippen LogP contribution in [0.25, 0.3) is 0 Å². The van der Waals surface area contributed by atoms with Crippen LogP contribution in [0.3, 0.4) is 0 Å². The molecule has 1 aliphatic rings. The average Bonchev–Trinajstić information content (AvgIpc) is 2.61. The zero-order valence-electron chi connectivity index (χ0n) is 14.5. The van der Waals surface area contributed by atoms with E-state index in [1.165, 1.54) is 18.9 Å². The molecule has 1 N–H and O–H groups in total. The van der Waals surface area contributed by atoms with Crippen LogP contribution in [0.4, 0.5) is 0 Å². The Kier molecular flexibility index (Phi) is 7.37. The van der Waals surface area contributed by atoms with E-state index in [2.05, 4.69) is 15.0 Å². The number of amidine groups is 1. The zero-order chi connectivity index (χ0) is 19.3. The van der Waals surface area contributed by atoms with Crippen molar-refractivity contribution in [1.82, 2.24) is 5.32 Å². The van der Waals surface area contributed by atoms with Gasteiger partial charge in [0.25, 0.3) is 0 Å². The van der Waals surface area contributed by atoms with E-state index in [1.807, 2.05) is 0 Å². The molecule has 0 spiro atoms. The van der Waals surface area contributed by atoms with Crippen molar-refractivity contribution in [2.75, 3.05) is 19.5 Å². The first-order chi connectivity index (χ1) is 12.4. The molecule has 0 radical (unpaired) electrons. The van der Waals surface area contributed by atoms with E-state index in [9.17, 15) is 9.59 Å². The molecule has 1 unspecified atom stereocenters. The summed E-state index contributed by atoms with van der Waals surface area (Å²) in [4.78, 5) is 28.4. The van der Waals surface area contributed by atoms with Gasteiger partial charge in [0, 0.05) is 11.3 Å². The first-order valence-electron chi connectivity index (χ1n) is 7.75. The van der Waals surface area contributed by atoms with Crippen LogP contribution in [0.2, 0.25) is 10.0 Å². The summed E-state index contributed by atoms with van der Waals surface area (Å²) in [6, 6.07) is 4.45. The lowest BCUT2D eigenvalue weighted by Gasteiger charge is -2.26. The second-order valence-corrected chi connectivity index (χ2v) is 6.98. The highest BCUT2D eigenvalue weighted by Gasteiger charge is 2.32. The maximum absolute atomic E-state index is 12.5. The maximum Gasteiger partial charge on any atom is 0.338 e. The van der Waals surface area contributed by atoms with E-state index < -0.39 is 12.0 Å². The van der Waals surface area contributed by atoms with Crippen molar-refractivity contribution in [3.05, 3.63) is 45.1 Å². The molecule has 1 atom stereocenters. The number of rotatable bonds is 5. The van der Waals surface area contributed by atoms with E-state index in [0.717, 1.165) is 0 Å². The maximum atomic E-state index is 12.5. The number of halogens is 2. The van der Waals surface area contributed by atoms with E-state index >= 15 is 0 Å². The number of allylic oxidation sites excluding steroid dienone is 1. The van der Waals surface area contributed by atoms with Crippen LogP contribution in [0.1, 0.15) is 25.5 Å². The van der Waals surface area contributed by atoms with Gasteiger partial charge in [0.15, 0.2) is 5.17 Å². The Morgan fingerprint density at radius 1 is 1.35 bits per heavy atom. The standard InChI is InChI=1S/C17H18Cl2N2O4S/c1-4-25-16(23)13-9(2)20-17(26-8-12(22)24-3)21-15(13)10-6-5-7-11(18)14(10)19/h5-7,15H,4,8H2,1-3H3,(H,20,21). The Morgan fingerprint density at radius 3 is 2.73 bits per heavy atom. The summed E-state index contributed by atoms with van der Waals surface area (Å²) in [5.41, 5.74) is 1.50. The van der Waals surface area contributed by atoms with Gasteiger partial charge in [-0.25, -0.2) is 9.79 Å². The van der Waals surface area contributed by atoms with E-state index in [0.29, 0.717) is 32.0 Å². The SMILES string of the molecule is CCOC(=O)C1=C(C)NC(SCC(=O)OC)=NC1c1cccc(Cl)c1Cl. The van der Waals surface area contributed by atoms with Crippen LogP contribution >= 0.6 is 35.0 Å². The van der Waals surface area contributed by atoms with Gasteiger partial charge in [0.1, 0.15) is 6.04 Å². The first-order valence-corrected chi connectivity index (χ1v) is 9.49. The van der Waals surface area contributed by atoms with Gasteiger partial charge >= 0.3 is 11.9 Å². The molecule has 1 aromatic carbocycles. The summed E-state index contributed by atoms with van der Waals surface area (Å²) >= 11 is 13.6. The zero-order valence-corrected chi connectivity index (χ0v) is 16.8. The Bertz CT molecular complexity index is 780. The molecule has 26 heavy (non-hydrogen) atoms. The number of nitrogens with zero attached hydrogens (tertiary/aromatic N) is 1. The second-order valence-electron chi connectivity index (χ2n) is 5.23. The smallest absolute Gasteiger partial charge is 0.338 e. The molecule has 6 nitrogen and oxygen atoms in total. The molecule has 1 heterocycles. The fourth-order valence-corrected chi connectivity index (χ4v) is 3.53. The number of nitrogens with one attached hydrogen (secondary N) is 1. The van der Waals surface area contributed by atoms with Crippen molar-refractivity contribution in [3.63, 3.8) is 0 Å². The summed E-state index contributed by atoms with van der Waals surface area (Å²) in [7, 11) is 1.32. The molecule has 0 bridgehead atoms. The summed E-state index contributed by atoms with van der Waals surface area (Å²) in [6.07, 6.45) is 0. The van der Waals surface area contributed by atoms with Gasteiger partial charge in [0.2, 0.25) is 0 Å². The second kappa shape index (κ2) is 9.30. The number of esters is 2. The minimum atomic E-state index is -0.693. The molecule has 9 heteroatoms. The van der Waals surface area contributed by atoms with Gasteiger partial charge in [-0.1, -0.05) is 47.1 Å². The van der Waals surface area contributed by atoms with Crippen LogP contribution in [-0.4, -0.2) is 36.6 Å². The van der Waals surface area contributed by atoms with Gasteiger partial charge in [-0.2, -0.15) is 0 Å². The molecule has 0 saturated heterocycles. The lowest BCUT2D eigenvalue weighted by atomic mass is 9.96. The van der Waals surface area contributed by atoms with Crippen molar-refractivity contribution in [2.45, 2.75) is 19.9 Å². The van der Waals surface area contributed by atoms with Gasteiger partial charge in [-0.05, 0) is 19.9 Å². The number of ether oxygens (including phenoxy) is 2. The molecule has 0 saturated carbocycles. The van der Waals surface area contributed by atoms with Crippen LogP contribution in [0, 0.1) is 0 Å². The van der Waals surface area contributed by atoms with Crippen LogP contribution in [-0.2, 0) is 19.1 Å². The van der Waals surface area contributed by atoms with E-state index in [1.54, 1.807) is 32.0 Å². The topological polar surface area (TPSA) is 77.0 Å². The van der Waals surface area contributed by atoms with Gasteiger partial charge in [0.05, 0.1) is 35.1 Å². The first kappa shape index (κ1) is 20.6. The molecule has 140 valence electrons. The molecular weight excluding hydrogens is 399 g/mol. The van der Waals surface area contributed by atoms with E-state index in [-0.39, 0.29) is 18.3 Å². The summed E-state index contributed by atoms with van der Waals surface area (Å²) in [5.74, 6) is -0.783. The van der Waals surface area contributed by atoms with Crippen LogP contribution < -0.4 is 5.32 Å². The van der Waals surface area contributed by atoms with E-state index in [4.69, 9.17) is 27.9 Å². The highest BCUT2D eigenvalue weighted by Crippen LogP contribution is 2.38. The molecule has 1 aromatic rings. The van der Waals surface area contributed by atoms with Crippen LogP contribution in [0.5, 0.6) is 0 Å². The highest BCUT2D eigenvalue weighted by atomic mass is 35.5. The minimum Gasteiger partial charge on any atom is -0.468 e. The molecular formula is C17H18Cl2N2O4S. The van der Waals surface area contributed by atoms with Gasteiger partial charge in [-0.3, -0.25) is 4.79 Å². The highest BCUT2D eigenvalue weighted by molar-refractivity contribution is 8.14. The number of carbonyl (C=O) groups is 2. The molecule has 0 aromatic heterocycles. The number of benzene rings is 1. The van der Waals surface area contributed by atoms with Crippen LogP contribution in [0.15, 0.2) is 34.5 Å². The molecule has 0 amide bonds. The monoisotopic (exact) mass is 416 g/mol. The van der Waals surface area contributed by atoms with Gasteiger partial charge < -0.3 is 14.8 Å². The Balaban J connectivity index is 2.44. The molecule has 2 rings (SSSR count). The van der Waals surface area contributed by atoms with Gasteiger partial charge in [-0.15, -0.1) is 0 Å². The Morgan fingerprint density at radius 2 is 2.08 bits per heavy atom. The quantitative estimate of drug-likeness (QED) is 0.736. The molecule has 0 aliphatic carbocycles. The van der Waals surface area contributed by atoms with Crippen molar-refractivity contribution in [1.29, 1.82) is 0 Å². The fraction of sp³-hybridized carbons (Fsp3) is 0.353. The summed E-state index contributed by atoms with van der Waals surface area (Å²) in [6.45, 7) is 3.71. The van der Waals surface area contributed by atoms with Crippen molar-refractivity contribution in [3.8, 4) is 0 Å². The third kappa shape index (κ3) is 4.72. The molecule has 1 aliphatic heterocycles. The number of hydrogen-bond acceptors (Lipinski definition) is 7. The Labute approximate surface area is 165 Å². The number of hydrogen-bond donors (Lipinski definition) is 1. The van der Waals surface area contributed by atoms with Crippen molar-refractivity contribution >= 4 is 52.1 Å².